The van der Waals surface area contributed by atoms with Crippen LogP contribution < -0.4 is 0 Å². The van der Waals surface area contributed by atoms with Crippen LogP contribution in [0.1, 0.15) is 39.2 Å². The van der Waals surface area contributed by atoms with Crippen molar-refractivity contribution in [1.29, 1.82) is 0 Å². The zero-order valence-corrected chi connectivity index (χ0v) is 18.2. The molecule has 0 radical (unpaired) electrons. The van der Waals surface area contributed by atoms with E-state index in [0.717, 1.165) is 6.20 Å². The van der Waals surface area contributed by atoms with E-state index in [0.29, 0.717) is 38.3 Å². The monoisotopic (exact) mass is 465 g/mol. The summed E-state index contributed by atoms with van der Waals surface area (Å²) in [6.07, 6.45) is 1.01. The first-order valence-electron chi connectivity index (χ1n) is 9.74. The zero-order valence-electron chi connectivity index (χ0n) is 16.6. The van der Waals surface area contributed by atoms with Gasteiger partial charge in [0.05, 0.1) is 39.6 Å². The summed E-state index contributed by atoms with van der Waals surface area (Å²) in [6.45, 7) is 1.72. The Kier molecular flexibility index (Phi) is 4.92. The molecule has 0 saturated carbocycles. The van der Waals surface area contributed by atoms with Crippen molar-refractivity contribution in [3.05, 3.63) is 93.5 Å². The number of nitrogens with zero attached hydrogens (tertiary/aromatic N) is 3. The van der Waals surface area contributed by atoms with Crippen LogP contribution in [0.2, 0.25) is 10.2 Å². The van der Waals surface area contributed by atoms with Crippen molar-refractivity contribution in [3.63, 3.8) is 0 Å². The second-order valence-corrected chi connectivity index (χ2v) is 8.20. The summed E-state index contributed by atoms with van der Waals surface area (Å²) in [4.78, 5) is 35.9. The molecule has 2 aromatic heterocycles. The molecule has 5 nitrogen and oxygen atoms in total. The largest absolute Gasteiger partial charge is 0.269 e. The maximum Gasteiger partial charge on any atom is 0.262 e. The molecule has 0 unspecified atom stereocenters. The summed E-state index contributed by atoms with van der Waals surface area (Å²) in [7, 11) is 0. The van der Waals surface area contributed by atoms with Crippen LogP contribution in [0, 0.1) is 5.82 Å². The minimum atomic E-state index is -0.715. The van der Waals surface area contributed by atoms with Gasteiger partial charge in [0, 0.05) is 16.5 Å². The average Bonchev–Trinajstić information content (AvgIpc) is 3.05. The third kappa shape index (κ3) is 3.15. The van der Waals surface area contributed by atoms with Crippen LogP contribution in [0.4, 0.5) is 4.39 Å². The third-order valence-corrected chi connectivity index (χ3v) is 6.16. The number of para-hydroxylation sites is 1. The summed E-state index contributed by atoms with van der Waals surface area (Å²) in [5, 5.41) is 1.16. The molecule has 158 valence electrons. The summed E-state index contributed by atoms with van der Waals surface area (Å²) >= 11 is 12.6. The number of benzene rings is 2. The van der Waals surface area contributed by atoms with Crippen LogP contribution in [-0.4, -0.2) is 26.7 Å². The second kappa shape index (κ2) is 7.65. The van der Waals surface area contributed by atoms with Crippen LogP contribution in [0.25, 0.3) is 22.2 Å². The van der Waals surface area contributed by atoms with E-state index >= 15 is 0 Å². The smallest absolute Gasteiger partial charge is 0.262 e. The Morgan fingerprint density at radius 2 is 1.62 bits per heavy atom. The van der Waals surface area contributed by atoms with Gasteiger partial charge in [-0.3, -0.25) is 14.5 Å². The van der Waals surface area contributed by atoms with E-state index in [4.69, 9.17) is 23.2 Å². The number of fused-ring (bicyclic) bond motifs is 2. The maximum atomic E-state index is 14.1. The van der Waals surface area contributed by atoms with Crippen LogP contribution in [0.15, 0.2) is 60.8 Å². The molecular weight excluding hydrogens is 452 g/mol. The molecule has 0 fully saturated rings. The molecule has 0 aliphatic carbocycles. The lowest BCUT2D eigenvalue weighted by Gasteiger charge is -2.25. The highest BCUT2D eigenvalue weighted by molar-refractivity contribution is 6.35. The number of imide groups is 1. The lowest BCUT2D eigenvalue weighted by atomic mass is 9.98. The highest BCUT2D eigenvalue weighted by atomic mass is 35.5. The number of amides is 2. The van der Waals surface area contributed by atoms with Crippen LogP contribution in [0.3, 0.4) is 0 Å². The average molecular weight is 466 g/mol. The van der Waals surface area contributed by atoms with Gasteiger partial charge >= 0.3 is 0 Å². The first-order chi connectivity index (χ1) is 15.4. The number of carbonyl (C=O) groups excluding carboxylic acids is 2. The molecule has 0 saturated heterocycles. The van der Waals surface area contributed by atoms with E-state index in [1.165, 1.54) is 11.0 Å². The Balaban J connectivity index is 1.74. The maximum absolute atomic E-state index is 14.1. The van der Waals surface area contributed by atoms with E-state index in [1.54, 1.807) is 49.4 Å². The first-order valence-corrected chi connectivity index (χ1v) is 10.5. The molecule has 0 spiro atoms. The number of pyridine rings is 2. The molecule has 0 bridgehead atoms. The van der Waals surface area contributed by atoms with Gasteiger partial charge in [-0.15, -0.1) is 0 Å². The van der Waals surface area contributed by atoms with Crippen LogP contribution in [0.5, 0.6) is 0 Å². The van der Waals surface area contributed by atoms with E-state index in [1.807, 2.05) is 6.07 Å². The Hall–Kier alpha value is -3.35. The van der Waals surface area contributed by atoms with Gasteiger partial charge < -0.3 is 0 Å². The van der Waals surface area contributed by atoms with Gasteiger partial charge in [-0.25, -0.2) is 14.4 Å². The Morgan fingerprint density at radius 1 is 0.938 bits per heavy atom. The van der Waals surface area contributed by atoms with Crippen molar-refractivity contribution in [2.75, 3.05) is 0 Å². The molecule has 2 aromatic carbocycles. The molecule has 1 atom stereocenters. The molecule has 4 aromatic rings. The summed E-state index contributed by atoms with van der Waals surface area (Å²) in [6, 6.07) is 14.2. The number of aromatic nitrogens is 2. The fourth-order valence-corrected chi connectivity index (χ4v) is 4.42. The predicted octanol–water partition coefficient (Wildman–Crippen LogP) is 6.10. The number of hydrogen-bond acceptors (Lipinski definition) is 4. The fraction of sp³-hybridized carbons (Fsp3) is 0.0833. The van der Waals surface area contributed by atoms with Crippen molar-refractivity contribution in [3.8, 4) is 11.3 Å². The summed E-state index contributed by atoms with van der Waals surface area (Å²) < 4.78 is 14.1. The van der Waals surface area contributed by atoms with Gasteiger partial charge in [0.1, 0.15) is 11.0 Å². The van der Waals surface area contributed by atoms with E-state index in [9.17, 15) is 14.0 Å². The molecular formula is C24H14Cl2FN3O2. The van der Waals surface area contributed by atoms with Crippen LogP contribution >= 0.6 is 23.2 Å². The lowest BCUT2D eigenvalue weighted by molar-refractivity contribution is 0.0595. The van der Waals surface area contributed by atoms with Gasteiger partial charge in [-0.2, -0.15) is 0 Å². The standard InChI is InChI=1S/C24H14Cl2FN3O2/c1-12(30-23(31)15-6-2-3-7-16(15)24(30)32)17-9-13-5-4-8-19(25)20(13)29-21(17)18-10-14(27)11-28-22(18)26/h2-12H,1H3/t12-/m0/s1. The van der Waals surface area contributed by atoms with Crippen molar-refractivity contribution < 1.29 is 14.0 Å². The van der Waals surface area contributed by atoms with Crippen molar-refractivity contribution >= 4 is 45.9 Å². The van der Waals surface area contributed by atoms with E-state index in [2.05, 4.69) is 9.97 Å². The molecule has 1 aliphatic heterocycles. The number of halogens is 3. The number of rotatable bonds is 3. The van der Waals surface area contributed by atoms with Crippen molar-refractivity contribution in [2.45, 2.75) is 13.0 Å². The highest BCUT2D eigenvalue weighted by Gasteiger charge is 2.39. The van der Waals surface area contributed by atoms with E-state index in [-0.39, 0.29) is 10.7 Å². The molecule has 0 N–H and O–H groups in total. The minimum Gasteiger partial charge on any atom is -0.269 e. The lowest BCUT2D eigenvalue weighted by Crippen LogP contribution is -2.33. The molecule has 3 heterocycles. The summed E-state index contributed by atoms with van der Waals surface area (Å²) in [5.74, 6) is -1.40. The Morgan fingerprint density at radius 3 is 2.31 bits per heavy atom. The molecule has 1 aliphatic rings. The Labute approximate surface area is 192 Å². The topological polar surface area (TPSA) is 63.2 Å². The molecule has 32 heavy (non-hydrogen) atoms. The normalized spacial score (nSPS) is 14.2. The zero-order chi connectivity index (χ0) is 22.6. The van der Waals surface area contributed by atoms with Gasteiger partial charge in [0.2, 0.25) is 0 Å². The van der Waals surface area contributed by atoms with Crippen molar-refractivity contribution in [2.24, 2.45) is 0 Å². The molecule has 2 amide bonds. The molecule has 5 rings (SSSR count). The molecule has 8 heteroatoms. The van der Waals surface area contributed by atoms with Gasteiger partial charge in [0.15, 0.2) is 0 Å². The van der Waals surface area contributed by atoms with Gasteiger partial charge in [-0.1, -0.05) is 47.5 Å². The van der Waals surface area contributed by atoms with E-state index < -0.39 is 23.7 Å². The quantitative estimate of drug-likeness (QED) is 0.270. The predicted molar refractivity (Wildman–Crippen MR) is 120 cm³/mol. The second-order valence-electron chi connectivity index (χ2n) is 7.43. The fourth-order valence-electron chi connectivity index (χ4n) is 4.00. The summed E-state index contributed by atoms with van der Waals surface area (Å²) in [5.41, 5.74) is 2.23. The third-order valence-electron chi connectivity index (χ3n) is 5.55. The number of carbonyl (C=O) groups is 2. The highest BCUT2D eigenvalue weighted by Crippen LogP contribution is 2.39. The first kappa shape index (κ1) is 20.5. The number of hydrogen-bond donors (Lipinski definition) is 0. The van der Waals surface area contributed by atoms with Crippen LogP contribution in [-0.2, 0) is 0 Å². The van der Waals surface area contributed by atoms with Gasteiger partial charge in [0.25, 0.3) is 11.8 Å². The van der Waals surface area contributed by atoms with Crippen molar-refractivity contribution in [1.82, 2.24) is 14.9 Å². The minimum absolute atomic E-state index is 0.0427. The Bertz CT molecular complexity index is 1410. The van der Waals surface area contributed by atoms with Gasteiger partial charge in [-0.05, 0) is 37.3 Å². The SMILES string of the molecule is C[C@@H](c1cc2cccc(Cl)c2nc1-c1cc(F)cnc1Cl)N1C(=O)c2ccccc2C1=O.